The lowest BCUT2D eigenvalue weighted by atomic mass is 9.95. The van der Waals surface area contributed by atoms with Crippen molar-refractivity contribution in [2.75, 3.05) is 0 Å². The summed E-state index contributed by atoms with van der Waals surface area (Å²) in [6.45, 7) is 4.07. The van der Waals surface area contributed by atoms with Crippen molar-refractivity contribution in [3.63, 3.8) is 0 Å². The quantitative estimate of drug-likeness (QED) is 0.864. The van der Waals surface area contributed by atoms with E-state index in [1.807, 2.05) is 32.0 Å². The number of rotatable bonds is 5. The van der Waals surface area contributed by atoms with Crippen LogP contribution in [0, 0.1) is 0 Å². The van der Waals surface area contributed by atoms with Gasteiger partial charge in [-0.2, -0.15) is 5.10 Å². The number of amides is 1. The molecule has 0 aliphatic heterocycles. The minimum absolute atomic E-state index is 0.0909. The molecule has 4 nitrogen and oxygen atoms in total. The summed E-state index contributed by atoms with van der Waals surface area (Å²) in [5, 5.41) is 9.45. The van der Waals surface area contributed by atoms with E-state index in [-0.39, 0.29) is 11.4 Å². The zero-order chi connectivity index (χ0) is 13.7. The van der Waals surface area contributed by atoms with E-state index in [0.29, 0.717) is 5.56 Å². The molecule has 0 radical (unpaired) electrons. The Labute approximate surface area is 113 Å². The van der Waals surface area contributed by atoms with E-state index in [1.165, 1.54) is 11.8 Å². The number of nitrogens with zero attached hydrogens (tertiary/aromatic N) is 1. The Kier molecular flexibility index (Phi) is 4.00. The van der Waals surface area contributed by atoms with Gasteiger partial charge in [-0.15, -0.1) is 0 Å². The highest BCUT2D eigenvalue weighted by molar-refractivity contribution is 5.94. The van der Waals surface area contributed by atoms with Crippen LogP contribution in [0.2, 0.25) is 0 Å². The van der Waals surface area contributed by atoms with E-state index >= 15 is 0 Å². The average molecular weight is 257 g/mol. The first-order valence-corrected chi connectivity index (χ1v) is 6.42. The molecule has 1 heterocycles. The van der Waals surface area contributed by atoms with Gasteiger partial charge in [0.25, 0.3) is 5.91 Å². The molecule has 2 rings (SSSR count). The Morgan fingerprint density at radius 1 is 1.32 bits per heavy atom. The first-order valence-electron chi connectivity index (χ1n) is 6.42. The molecule has 19 heavy (non-hydrogen) atoms. The molecule has 100 valence electrons. The van der Waals surface area contributed by atoms with Crippen LogP contribution in [0.4, 0.5) is 0 Å². The smallest absolute Gasteiger partial charge is 0.254 e. The number of H-pyrrole nitrogens is 1. The molecule has 0 atom stereocenters. The highest BCUT2D eigenvalue weighted by atomic mass is 16.1. The Morgan fingerprint density at radius 2 is 2.05 bits per heavy atom. The van der Waals surface area contributed by atoms with Crippen LogP contribution >= 0.6 is 0 Å². The zero-order valence-corrected chi connectivity index (χ0v) is 11.3. The number of aromatic amines is 1. The number of carbonyl (C=O) groups is 1. The van der Waals surface area contributed by atoms with Gasteiger partial charge >= 0.3 is 0 Å². The van der Waals surface area contributed by atoms with Crippen molar-refractivity contribution >= 4 is 5.91 Å². The number of benzene rings is 1. The molecule has 0 aliphatic rings. The summed E-state index contributed by atoms with van der Waals surface area (Å²) in [4.78, 5) is 12.0. The van der Waals surface area contributed by atoms with Crippen LogP contribution in [0.15, 0.2) is 42.7 Å². The summed E-state index contributed by atoms with van der Waals surface area (Å²) < 4.78 is 0. The number of hydrogen-bond acceptors (Lipinski definition) is 2. The lowest BCUT2D eigenvalue weighted by molar-refractivity contribution is 0.0909. The van der Waals surface area contributed by atoms with E-state index in [2.05, 4.69) is 27.6 Å². The van der Waals surface area contributed by atoms with E-state index in [1.54, 1.807) is 6.20 Å². The van der Waals surface area contributed by atoms with Crippen LogP contribution in [0.1, 0.15) is 36.2 Å². The van der Waals surface area contributed by atoms with Crippen LogP contribution in [0.5, 0.6) is 0 Å². The molecule has 4 heteroatoms. The number of carbonyl (C=O) groups excluding carboxylic acids is 1. The third kappa shape index (κ3) is 3.95. The van der Waals surface area contributed by atoms with E-state index in [4.69, 9.17) is 0 Å². The van der Waals surface area contributed by atoms with E-state index < -0.39 is 0 Å². The van der Waals surface area contributed by atoms with Gasteiger partial charge in [-0.3, -0.25) is 9.89 Å². The molecule has 0 saturated heterocycles. The first-order chi connectivity index (χ1) is 9.07. The van der Waals surface area contributed by atoms with Crippen LogP contribution in [-0.4, -0.2) is 21.6 Å². The highest BCUT2D eigenvalue weighted by Crippen LogP contribution is 2.14. The maximum absolute atomic E-state index is 12.0. The van der Waals surface area contributed by atoms with Gasteiger partial charge in [0.05, 0.1) is 11.8 Å². The fourth-order valence-electron chi connectivity index (χ4n) is 1.92. The van der Waals surface area contributed by atoms with Crippen molar-refractivity contribution in [1.82, 2.24) is 15.5 Å². The predicted octanol–water partition coefficient (Wildman–Crippen LogP) is 2.55. The SMILES string of the molecule is CC(C)(CCc1ccccc1)NC(=O)c1cn[nH]c1. The molecule has 0 fully saturated rings. The Hall–Kier alpha value is -2.10. The van der Waals surface area contributed by atoms with Crippen molar-refractivity contribution in [2.45, 2.75) is 32.2 Å². The monoisotopic (exact) mass is 257 g/mol. The van der Waals surface area contributed by atoms with Crippen molar-refractivity contribution in [1.29, 1.82) is 0 Å². The van der Waals surface area contributed by atoms with Crippen LogP contribution < -0.4 is 5.32 Å². The summed E-state index contributed by atoms with van der Waals surface area (Å²) in [7, 11) is 0. The Balaban J connectivity index is 1.90. The number of nitrogens with one attached hydrogen (secondary N) is 2. The molecule has 1 amide bonds. The van der Waals surface area contributed by atoms with Crippen molar-refractivity contribution in [3.05, 3.63) is 53.9 Å². The van der Waals surface area contributed by atoms with Gasteiger partial charge in [0.2, 0.25) is 0 Å². The lowest BCUT2D eigenvalue weighted by Gasteiger charge is -2.26. The second-order valence-corrected chi connectivity index (χ2v) is 5.31. The fraction of sp³-hybridized carbons (Fsp3) is 0.333. The summed E-state index contributed by atoms with van der Waals surface area (Å²) in [6, 6.07) is 10.3. The summed E-state index contributed by atoms with van der Waals surface area (Å²) in [5.41, 5.74) is 1.60. The summed E-state index contributed by atoms with van der Waals surface area (Å²) in [6.07, 6.45) is 4.96. The minimum atomic E-state index is -0.246. The van der Waals surface area contributed by atoms with Gasteiger partial charge in [-0.1, -0.05) is 30.3 Å². The summed E-state index contributed by atoms with van der Waals surface area (Å²) >= 11 is 0. The van der Waals surface area contributed by atoms with E-state index in [0.717, 1.165) is 12.8 Å². The number of aryl methyl sites for hydroxylation is 1. The largest absolute Gasteiger partial charge is 0.347 e. The summed E-state index contributed by atoms with van der Waals surface area (Å²) in [5.74, 6) is -0.0909. The van der Waals surface area contributed by atoms with Crippen LogP contribution in [0.25, 0.3) is 0 Å². The van der Waals surface area contributed by atoms with Gasteiger partial charge < -0.3 is 5.32 Å². The van der Waals surface area contributed by atoms with Gasteiger partial charge in [-0.05, 0) is 32.3 Å². The first kappa shape index (κ1) is 13.3. The molecule has 0 saturated carbocycles. The molecule has 1 aromatic heterocycles. The maximum atomic E-state index is 12.0. The molecule has 2 aromatic rings. The normalized spacial score (nSPS) is 11.3. The van der Waals surface area contributed by atoms with Crippen LogP contribution in [0.3, 0.4) is 0 Å². The highest BCUT2D eigenvalue weighted by Gasteiger charge is 2.21. The molecule has 0 bridgehead atoms. The molecular formula is C15H19N3O. The molecule has 0 aliphatic carbocycles. The predicted molar refractivity (Wildman–Crippen MR) is 74.9 cm³/mol. The third-order valence-electron chi connectivity index (χ3n) is 3.09. The Bertz CT molecular complexity index is 518. The molecule has 0 spiro atoms. The average Bonchev–Trinajstić information content (AvgIpc) is 2.91. The van der Waals surface area contributed by atoms with Gasteiger partial charge in [0.15, 0.2) is 0 Å². The topological polar surface area (TPSA) is 57.8 Å². The number of hydrogen-bond donors (Lipinski definition) is 2. The van der Waals surface area contributed by atoms with Crippen molar-refractivity contribution in [2.24, 2.45) is 0 Å². The standard InChI is InChI=1S/C15H19N3O/c1-15(2,9-8-12-6-4-3-5-7-12)18-14(19)13-10-16-17-11-13/h3-7,10-11H,8-9H2,1-2H3,(H,16,17)(H,18,19). The molecule has 0 unspecified atom stereocenters. The maximum Gasteiger partial charge on any atom is 0.254 e. The molecule has 1 aromatic carbocycles. The molecular weight excluding hydrogens is 238 g/mol. The number of aromatic nitrogens is 2. The van der Waals surface area contributed by atoms with Crippen LogP contribution in [-0.2, 0) is 6.42 Å². The van der Waals surface area contributed by atoms with Gasteiger partial charge in [-0.25, -0.2) is 0 Å². The molecule has 2 N–H and O–H groups in total. The zero-order valence-electron chi connectivity index (χ0n) is 11.3. The van der Waals surface area contributed by atoms with Gasteiger partial charge in [0.1, 0.15) is 0 Å². The van der Waals surface area contributed by atoms with Gasteiger partial charge in [0, 0.05) is 11.7 Å². The lowest BCUT2D eigenvalue weighted by Crippen LogP contribution is -2.43. The minimum Gasteiger partial charge on any atom is -0.347 e. The van der Waals surface area contributed by atoms with Crippen molar-refractivity contribution in [3.8, 4) is 0 Å². The second-order valence-electron chi connectivity index (χ2n) is 5.31. The Morgan fingerprint density at radius 3 is 2.68 bits per heavy atom. The fourth-order valence-corrected chi connectivity index (χ4v) is 1.92. The third-order valence-corrected chi connectivity index (χ3v) is 3.09. The van der Waals surface area contributed by atoms with E-state index in [9.17, 15) is 4.79 Å². The van der Waals surface area contributed by atoms with Crippen molar-refractivity contribution < 1.29 is 4.79 Å². The second kappa shape index (κ2) is 5.69.